The Bertz CT molecular complexity index is 908. The first-order valence-corrected chi connectivity index (χ1v) is 9.20. The highest BCUT2D eigenvalue weighted by molar-refractivity contribution is 5.84. The Morgan fingerprint density at radius 1 is 1.07 bits per heavy atom. The predicted molar refractivity (Wildman–Crippen MR) is 104 cm³/mol. The lowest BCUT2D eigenvalue weighted by molar-refractivity contribution is 0.152. The Morgan fingerprint density at radius 3 is 2.63 bits per heavy atom. The van der Waals surface area contributed by atoms with Crippen LogP contribution in [0.5, 0.6) is 5.75 Å². The van der Waals surface area contributed by atoms with E-state index in [1.165, 1.54) is 0 Å². The first-order chi connectivity index (χ1) is 13.2. The van der Waals surface area contributed by atoms with Gasteiger partial charge in [-0.2, -0.15) is 0 Å². The predicted octanol–water partition coefficient (Wildman–Crippen LogP) is 2.90. The summed E-state index contributed by atoms with van der Waals surface area (Å²) in [6.45, 7) is 0.0127. The number of aromatic nitrogens is 3. The van der Waals surface area contributed by atoms with Crippen LogP contribution in [-0.4, -0.2) is 32.2 Å². The molecule has 2 heterocycles. The largest absolute Gasteiger partial charge is 0.488 e. The van der Waals surface area contributed by atoms with Crippen LogP contribution in [-0.2, 0) is 6.61 Å². The molecule has 0 spiro atoms. The van der Waals surface area contributed by atoms with Crippen molar-refractivity contribution in [3.05, 3.63) is 48.4 Å². The zero-order valence-corrected chi connectivity index (χ0v) is 15.0. The summed E-state index contributed by atoms with van der Waals surface area (Å²) in [7, 11) is 0. The van der Waals surface area contributed by atoms with Gasteiger partial charge in [-0.05, 0) is 43.4 Å². The summed E-state index contributed by atoms with van der Waals surface area (Å²) >= 11 is 0. The van der Waals surface area contributed by atoms with E-state index in [4.69, 9.17) is 15.6 Å². The number of aliphatic hydroxyl groups is 1. The first-order valence-electron chi connectivity index (χ1n) is 9.20. The number of anilines is 2. The lowest BCUT2D eigenvalue weighted by Gasteiger charge is -2.30. The fourth-order valence-corrected chi connectivity index (χ4v) is 3.47. The van der Waals surface area contributed by atoms with Crippen molar-refractivity contribution >= 4 is 22.5 Å². The Labute approximate surface area is 157 Å². The van der Waals surface area contributed by atoms with Gasteiger partial charge in [0, 0.05) is 36.4 Å². The smallest absolute Gasteiger partial charge is 0.149 e. The summed E-state index contributed by atoms with van der Waals surface area (Å²) in [4.78, 5) is 13.0. The van der Waals surface area contributed by atoms with Gasteiger partial charge in [0.2, 0.25) is 0 Å². The molecule has 3 aromatic rings. The minimum absolute atomic E-state index is 0.0127. The van der Waals surface area contributed by atoms with Crippen molar-refractivity contribution in [1.29, 1.82) is 0 Å². The molecule has 0 saturated heterocycles. The lowest BCUT2D eigenvalue weighted by Crippen LogP contribution is -2.31. The van der Waals surface area contributed by atoms with Gasteiger partial charge in [0.1, 0.15) is 17.1 Å². The van der Waals surface area contributed by atoms with E-state index in [0.717, 1.165) is 48.1 Å². The van der Waals surface area contributed by atoms with Gasteiger partial charge in [-0.15, -0.1) is 0 Å². The number of rotatable bonds is 5. The maximum atomic E-state index is 9.09. The topological polar surface area (TPSA) is 106 Å². The highest BCUT2D eigenvalue weighted by Crippen LogP contribution is 2.30. The van der Waals surface area contributed by atoms with Crippen LogP contribution in [0, 0.1) is 0 Å². The van der Waals surface area contributed by atoms with Crippen LogP contribution in [0.25, 0.3) is 11.0 Å². The fraction of sp³-hybridized carbons (Fsp3) is 0.350. The van der Waals surface area contributed by atoms with Crippen molar-refractivity contribution < 1.29 is 9.84 Å². The van der Waals surface area contributed by atoms with Gasteiger partial charge in [-0.3, -0.25) is 4.98 Å². The van der Waals surface area contributed by atoms with Crippen LogP contribution < -0.4 is 15.8 Å². The SMILES string of the molecule is Nc1cc(OC2CCC(Nc3ccc(CO)cn3)CC2)c2nccnc2c1. The molecule has 27 heavy (non-hydrogen) atoms. The second-order valence-electron chi connectivity index (χ2n) is 6.89. The van der Waals surface area contributed by atoms with Crippen molar-refractivity contribution in [3.63, 3.8) is 0 Å². The Balaban J connectivity index is 1.37. The number of nitrogens with two attached hydrogens (primary N) is 1. The molecule has 1 aliphatic rings. The second kappa shape index (κ2) is 7.75. The maximum Gasteiger partial charge on any atom is 0.149 e. The zero-order chi connectivity index (χ0) is 18.6. The molecule has 4 rings (SSSR count). The third-order valence-electron chi connectivity index (χ3n) is 4.89. The van der Waals surface area contributed by atoms with Crippen molar-refractivity contribution in [3.8, 4) is 5.75 Å². The van der Waals surface area contributed by atoms with Crippen molar-refractivity contribution in [2.75, 3.05) is 11.1 Å². The highest BCUT2D eigenvalue weighted by Gasteiger charge is 2.23. The zero-order valence-electron chi connectivity index (χ0n) is 15.0. The van der Waals surface area contributed by atoms with Gasteiger partial charge >= 0.3 is 0 Å². The standard InChI is InChI=1S/C20H23N5O2/c21-14-9-17-20(23-8-7-22-17)18(10-14)27-16-4-2-15(3-5-16)25-19-6-1-13(12-26)11-24-19/h1,6-11,15-16,26H,2-5,12,21H2,(H,24,25). The van der Waals surface area contributed by atoms with Crippen molar-refractivity contribution in [1.82, 2.24) is 15.0 Å². The quantitative estimate of drug-likeness (QED) is 0.597. The molecule has 0 atom stereocenters. The van der Waals surface area contributed by atoms with Gasteiger partial charge in [0.25, 0.3) is 0 Å². The number of nitrogen functional groups attached to an aromatic ring is 1. The monoisotopic (exact) mass is 365 g/mol. The number of nitrogens with zero attached hydrogens (tertiary/aromatic N) is 3. The summed E-state index contributed by atoms with van der Waals surface area (Å²) in [6.07, 6.45) is 9.06. The van der Waals surface area contributed by atoms with E-state index in [1.807, 2.05) is 24.3 Å². The van der Waals surface area contributed by atoms with Gasteiger partial charge < -0.3 is 20.9 Å². The summed E-state index contributed by atoms with van der Waals surface area (Å²) in [5, 5.41) is 12.6. The minimum Gasteiger partial charge on any atom is -0.488 e. The van der Waals surface area contributed by atoms with E-state index in [1.54, 1.807) is 18.6 Å². The molecular formula is C20H23N5O2. The molecule has 0 bridgehead atoms. The normalized spacial score (nSPS) is 19.7. The van der Waals surface area contributed by atoms with Gasteiger partial charge in [-0.25, -0.2) is 9.97 Å². The number of fused-ring (bicyclic) bond motifs is 1. The van der Waals surface area contributed by atoms with E-state index >= 15 is 0 Å². The Hall–Kier alpha value is -2.93. The van der Waals surface area contributed by atoms with Crippen LogP contribution >= 0.6 is 0 Å². The number of benzene rings is 1. The average Bonchev–Trinajstić information content (AvgIpc) is 2.70. The summed E-state index contributed by atoms with van der Waals surface area (Å²) < 4.78 is 6.22. The van der Waals surface area contributed by atoms with E-state index in [0.29, 0.717) is 17.5 Å². The van der Waals surface area contributed by atoms with Crippen molar-refractivity contribution in [2.24, 2.45) is 0 Å². The molecule has 140 valence electrons. The van der Waals surface area contributed by atoms with Gasteiger partial charge in [0.05, 0.1) is 18.2 Å². The fourth-order valence-electron chi connectivity index (χ4n) is 3.47. The van der Waals surface area contributed by atoms with E-state index < -0.39 is 0 Å². The number of aliphatic hydroxyl groups excluding tert-OH is 1. The van der Waals surface area contributed by atoms with E-state index in [2.05, 4.69) is 20.3 Å². The molecule has 0 aliphatic heterocycles. The summed E-state index contributed by atoms with van der Waals surface area (Å²) in [6, 6.07) is 7.80. The maximum absolute atomic E-state index is 9.09. The van der Waals surface area contributed by atoms with Crippen LogP contribution in [0.4, 0.5) is 11.5 Å². The second-order valence-corrected chi connectivity index (χ2v) is 6.89. The van der Waals surface area contributed by atoms with Gasteiger partial charge in [-0.1, -0.05) is 6.07 Å². The molecule has 2 aromatic heterocycles. The first kappa shape index (κ1) is 17.5. The number of nitrogens with one attached hydrogen (secondary N) is 1. The third-order valence-corrected chi connectivity index (χ3v) is 4.89. The van der Waals surface area contributed by atoms with Crippen LogP contribution in [0.15, 0.2) is 42.9 Å². The molecule has 1 aromatic carbocycles. The highest BCUT2D eigenvalue weighted by atomic mass is 16.5. The molecular weight excluding hydrogens is 342 g/mol. The molecule has 7 nitrogen and oxygen atoms in total. The average molecular weight is 365 g/mol. The molecule has 1 aliphatic carbocycles. The van der Waals surface area contributed by atoms with E-state index in [9.17, 15) is 0 Å². The van der Waals surface area contributed by atoms with Gasteiger partial charge in [0.15, 0.2) is 0 Å². The van der Waals surface area contributed by atoms with E-state index in [-0.39, 0.29) is 12.7 Å². The van der Waals surface area contributed by atoms with Crippen LogP contribution in [0.3, 0.4) is 0 Å². The Morgan fingerprint density at radius 2 is 1.89 bits per heavy atom. The number of hydrogen-bond donors (Lipinski definition) is 3. The molecule has 0 unspecified atom stereocenters. The number of pyridine rings is 1. The van der Waals surface area contributed by atoms with Crippen molar-refractivity contribution in [2.45, 2.75) is 44.4 Å². The summed E-state index contributed by atoms with van der Waals surface area (Å²) in [5.74, 6) is 1.55. The molecule has 1 saturated carbocycles. The molecule has 7 heteroatoms. The Kier molecular flexibility index (Phi) is 5.02. The van der Waals surface area contributed by atoms with Crippen LogP contribution in [0.1, 0.15) is 31.2 Å². The number of ether oxygens (including phenoxy) is 1. The third kappa shape index (κ3) is 4.09. The molecule has 0 radical (unpaired) electrons. The van der Waals surface area contributed by atoms with Crippen LogP contribution in [0.2, 0.25) is 0 Å². The number of hydrogen-bond acceptors (Lipinski definition) is 7. The molecule has 1 fully saturated rings. The minimum atomic E-state index is 0.0127. The molecule has 4 N–H and O–H groups in total. The lowest BCUT2D eigenvalue weighted by atomic mass is 9.93. The molecule has 0 amide bonds. The summed E-state index contributed by atoms with van der Waals surface area (Å²) in [5.41, 5.74) is 8.92.